The van der Waals surface area contributed by atoms with Gasteiger partial charge in [-0.05, 0) is 42.0 Å². The summed E-state index contributed by atoms with van der Waals surface area (Å²) in [5.41, 5.74) is 1.89. The zero-order valence-electron chi connectivity index (χ0n) is 11.4. The van der Waals surface area contributed by atoms with Crippen molar-refractivity contribution < 1.29 is 4.74 Å². The van der Waals surface area contributed by atoms with Crippen LogP contribution in [-0.4, -0.2) is 12.1 Å². The quantitative estimate of drug-likeness (QED) is 0.782. The van der Waals surface area contributed by atoms with Gasteiger partial charge >= 0.3 is 0 Å². The Balaban J connectivity index is 2.31. The predicted molar refractivity (Wildman–Crippen MR) is 81.3 cm³/mol. The second-order valence-corrected chi connectivity index (χ2v) is 4.59. The van der Waals surface area contributed by atoms with E-state index >= 15 is 0 Å². The second kappa shape index (κ2) is 5.14. The number of pyridine rings is 1. The van der Waals surface area contributed by atoms with Crippen molar-refractivity contribution in [3.63, 3.8) is 0 Å². The smallest absolute Gasteiger partial charge is 0.207 e. The average molecular weight is 276 g/mol. The van der Waals surface area contributed by atoms with Crippen molar-refractivity contribution in [3.05, 3.63) is 64.3 Å². The molecule has 0 aliphatic heterocycles. The fraction of sp³-hybridized carbons (Fsp3) is 0.0588. The maximum atomic E-state index is 12.4. The Hall–Kier alpha value is -3.06. The standard InChI is InChI=1S/C17H12N2O2/c1-21-12-8-6-11(7-9-12)16-14(10-18)17(20)13-4-2-3-5-15(13)19-16/h2-9H,1H3,(H,19,20). The zero-order chi connectivity index (χ0) is 14.8. The van der Waals surface area contributed by atoms with E-state index in [1.54, 1.807) is 31.4 Å². The number of nitrogens with one attached hydrogen (secondary N) is 1. The van der Waals surface area contributed by atoms with Gasteiger partial charge in [0.15, 0.2) is 0 Å². The number of hydrogen-bond acceptors (Lipinski definition) is 3. The van der Waals surface area contributed by atoms with E-state index in [9.17, 15) is 10.1 Å². The van der Waals surface area contributed by atoms with Crippen molar-refractivity contribution in [2.24, 2.45) is 0 Å². The molecule has 2 aromatic carbocycles. The molecule has 0 spiro atoms. The van der Waals surface area contributed by atoms with Crippen molar-refractivity contribution in [1.82, 2.24) is 4.98 Å². The molecule has 0 saturated carbocycles. The van der Waals surface area contributed by atoms with E-state index in [2.05, 4.69) is 4.98 Å². The first-order valence-electron chi connectivity index (χ1n) is 6.44. The number of aromatic nitrogens is 1. The molecule has 0 amide bonds. The Kier molecular flexibility index (Phi) is 3.17. The molecule has 0 bridgehead atoms. The monoisotopic (exact) mass is 276 g/mol. The molecule has 0 radical (unpaired) electrons. The lowest BCUT2D eigenvalue weighted by Gasteiger charge is -2.08. The molecule has 4 nitrogen and oxygen atoms in total. The zero-order valence-corrected chi connectivity index (χ0v) is 11.4. The van der Waals surface area contributed by atoms with Crippen LogP contribution in [0.15, 0.2) is 53.3 Å². The van der Waals surface area contributed by atoms with E-state index < -0.39 is 0 Å². The van der Waals surface area contributed by atoms with Gasteiger partial charge in [0.1, 0.15) is 17.4 Å². The van der Waals surface area contributed by atoms with E-state index in [0.29, 0.717) is 16.6 Å². The largest absolute Gasteiger partial charge is 0.497 e. The van der Waals surface area contributed by atoms with Gasteiger partial charge in [-0.3, -0.25) is 4.79 Å². The number of nitriles is 1. The summed E-state index contributed by atoms with van der Waals surface area (Å²) in [5.74, 6) is 0.723. The number of rotatable bonds is 2. The van der Waals surface area contributed by atoms with Crippen molar-refractivity contribution in [2.45, 2.75) is 0 Å². The number of para-hydroxylation sites is 1. The molecule has 0 aliphatic rings. The van der Waals surface area contributed by atoms with Gasteiger partial charge in [-0.1, -0.05) is 12.1 Å². The maximum absolute atomic E-state index is 12.4. The molecule has 0 fully saturated rings. The van der Waals surface area contributed by atoms with Crippen LogP contribution in [-0.2, 0) is 0 Å². The van der Waals surface area contributed by atoms with Gasteiger partial charge in [0.2, 0.25) is 5.43 Å². The van der Waals surface area contributed by atoms with Crippen LogP contribution in [0.1, 0.15) is 5.56 Å². The maximum Gasteiger partial charge on any atom is 0.207 e. The normalized spacial score (nSPS) is 10.3. The summed E-state index contributed by atoms with van der Waals surface area (Å²) in [6, 6.07) is 16.4. The summed E-state index contributed by atoms with van der Waals surface area (Å²) in [7, 11) is 1.59. The third-order valence-corrected chi connectivity index (χ3v) is 3.40. The molecule has 3 rings (SSSR count). The molecule has 0 atom stereocenters. The average Bonchev–Trinajstić information content (AvgIpc) is 2.55. The van der Waals surface area contributed by atoms with Crippen LogP contribution in [0, 0.1) is 11.3 Å². The molecule has 102 valence electrons. The fourth-order valence-electron chi connectivity index (χ4n) is 2.32. The van der Waals surface area contributed by atoms with E-state index in [1.165, 1.54) is 0 Å². The molecule has 1 aromatic heterocycles. The van der Waals surface area contributed by atoms with Crippen LogP contribution in [0.2, 0.25) is 0 Å². The number of hydrogen-bond donors (Lipinski definition) is 1. The molecule has 21 heavy (non-hydrogen) atoms. The van der Waals surface area contributed by atoms with Gasteiger partial charge < -0.3 is 9.72 Å². The van der Waals surface area contributed by atoms with Crippen LogP contribution in [0.5, 0.6) is 5.75 Å². The Morgan fingerprint density at radius 1 is 1.10 bits per heavy atom. The number of fused-ring (bicyclic) bond motifs is 1. The minimum Gasteiger partial charge on any atom is -0.497 e. The summed E-state index contributed by atoms with van der Waals surface area (Å²) in [6.45, 7) is 0. The Labute approximate surface area is 121 Å². The summed E-state index contributed by atoms with van der Waals surface area (Å²) >= 11 is 0. The minimum atomic E-state index is -0.252. The van der Waals surface area contributed by atoms with Crippen LogP contribution in [0.25, 0.3) is 22.2 Å². The fourth-order valence-corrected chi connectivity index (χ4v) is 2.32. The van der Waals surface area contributed by atoms with E-state index in [1.807, 2.05) is 30.3 Å². The molecular weight excluding hydrogens is 264 g/mol. The lowest BCUT2D eigenvalue weighted by Crippen LogP contribution is -2.10. The molecule has 3 aromatic rings. The van der Waals surface area contributed by atoms with E-state index in [0.717, 1.165) is 11.3 Å². The molecule has 1 N–H and O–H groups in total. The van der Waals surface area contributed by atoms with E-state index in [-0.39, 0.29) is 11.0 Å². The van der Waals surface area contributed by atoms with Crippen molar-refractivity contribution >= 4 is 10.9 Å². The number of methoxy groups -OCH3 is 1. The third kappa shape index (κ3) is 2.15. The summed E-state index contributed by atoms with van der Waals surface area (Å²) < 4.78 is 5.12. The van der Waals surface area contributed by atoms with Gasteiger partial charge in [0, 0.05) is 10.9 Å². The highest BCUT2D eigenvalue weighted by molar-refractivity contribution is 5.84. The Morgan fingerprint density at radius 2 is 1.81 bits per heavy atom. The highest BCUT2D eigenvalue weighted by Gasteiger charge is 2.13. The molecule has 0 unspecified atom stereocenters. The lowest BCUT2D eigenvalue weighted by molar-refractivity contribution is 0.415. The van der Waals surface area contributed by atoms with Crippen LogP contribution >= 0.6 is 0 Å². The van der Waals surface area contributed by atoms with Gasteiger partial charge in [0.25, 0.3) is 0 Å². The van der Waals surface area contributed by atoms with Gasteiger partial charge in [-0.2, -0.15) is 5.26 Å². The van der Waals surface area contributed by atoms with Crippen molar-refractivity contribution in [2.75, 3.05) is 7.11 Å². The lowest BCUT2D eigenvalue weighted by atomic mass is 10.0. The molecule has 1 heterocycles. The Morgan fingerprint density at radius 3 is 2.48 bits per heavy atom. The minimum absolute atomic E-state index is 0.124. The van der Waals surface area contributed by atoms with Gasteiger partial charge in [0.05, 0.1) is 12.8 Å². The third-order valence-electron chi connectivity index (χ3n) is 3.40. The number of nitrogens with zero attached hydrogens (tertiary/aromatic N) is 1. The molecule has 0 saturated heterocycles. The van der Waals surface area contributed by atoms with Crippen LogP contribution < -0.4 is 10.2 Å². The molecular formula is C17H12N2O2. The highest BCUT2D eigenvalue weighted by Crippen LogP contribution is 2.24. The number of H-pyrrole nitrogens is 1. The van der Waals surface area contributed by atoms with Crippen molar-refractivity contribution in [3.8, 4) is 23.1 Å². The summed E-state index contributed by atoms with van der Waals surface area (Å²) in [4.78, 5) is 15.6. The van der Waals surface area contributed by atoms with Crippen molar-refractivity contribution in [1.29, 1.82) is 5.26 Å². The highest BCUT2D eigenvalue weighted by atomic mass is 16.5. The predicted octanol–water partition coefficient (Wildman–Crippen LogP) is 3.08. The second-order valence-electron chi connectivity index (χ2n) is 4.59. The van der Waals surface area contributed by atoms with Gasteiger partial charge in [-0.25, -0.2) is 0 Å². The first-order valence-corrected chi connectivity index (χ1v) is 6.44. The van der Waals surface area contributed by atoms with E-state index in [4.69, 9.17) is 4.74 Å². The molecule has 0 aliphatic carbocycles. The number of ether oxygens (including phenoxy) is 1. The number of aromatic amines is 1. The molecule has 4 heteroatoms. The Bertz CT molecular complexity index is 903. The van der Waals surface area contributed by atoms with Crippen LogP contribution in [0.4, 0.5) is 0 Å². The summed E-state index contributed by atoms with van der Waals surface area (Å²) in [6.07, 6.45) is 0. The topological polar surface area (TPSA) is 65.9 Å². The summed E-state index contributed by atoms with van der Waals surface area (Å²) in [5, 5.41) is 9.85. The van der Waals surface area contributed by atoms with Crippen LogP contribution in [0.3, 0.4) is 0 Å². The number of benzene rings is 2. The first-order chi connectivity index (χ1) is 10.2. The van der Waals surface area contributed by atoms with Gasteiger partial charge in [-0.15, -0.1) is 0 Å². The SMILES string of the molecule is COc1ccc(-c2[nH]c3ccccc3c(=O)c2C#N)cc1. The first kappa shape index (κ1) is 12.9.